The van der Waals surface area contributed by atoms with E-state index in [0.717, 1.165) is 141 Å². The second kappa shape index (κ2) is 59.0. The molecule has 0 radical (unpaired) electrons. The Morgan fingerprint density at radius 3 is 1.01 bits per heavy atom. The van der Waals surface area contributed by atoms with Gasteiger partial charge in [0.15, 0.2) is 12.4 Å². The van der Waals surface area contributed by atoms with Crippen molar-refractivity contribution >= 4 is 17.9 Å². The topological polar surface area (TPSA) is 111 Å². The number of allylic oxidation sites excluding steroid dienone is 26. The summed E-state index contributed by atoms with van der Waals surface area (Å²) in [4.78, 5) is 37.4. The average Bonchev–Trinajstić information content (AvgIpc) is 3.42. The Balaban J connectivity index is 4.35. The Kier molecular flexibility index (Phi) is 55.2. The highest BCUT2D eigenvalue weighted by Crippen LogP contribution is 2.14. The number of likely N-dealkylation sites (N-methyl/N-ethyl adjacent to an activating group) is 1. The molecule has 0 amide bonds. The van der Waals surface area contributed by atoms with Gasteiger partial charge in [-0.1, -0.05) is 230 Å². The lowest BCUT2D eigenvalue weighted by Crippen LogP contribution is -2.44. The van der Waals surface area contributed by atoms with Gasteiger partial charge in [-0.15, -0.1) is 0 Å². The summed E-state index contributed by atoms with van der Waals surface area (Å²) in [5, 5.41) is 11.8. The van der Waals surface area contributed by atoms with Crippen LogP contribution in [0.3, 0.4) is 0 Å². The summed E-state index contributed by atoms with van der Waals surface area (Å²) in [6, 6.07) is 0. The van der Waals surface area contributed by atoms with Gasteiger partial charge in [-0.25, -0.2) is 0 Å². The van der Waals surface area contributed by atoms with Crippen molar-refractivity contribution in [3.8, 4) is 0 Å². The number of unbranched alkanes of at least 4 members (excludes halogenated alkanes) is 13. The number of carboxylic acids is 1. The molecule has 0 aromatic rings. The van der Waals surface area contributed by atoms with Crippen LogP contribution in [0.2, 0.25) is 0 Å². The van der Waals surface area contributed by atoms with Crippen molar-refractivity contribution in [1.82, 2.24) is 0 Å². The maximum absolute atomic E-state index is 12.9. The molecule has 0 aromatic heterocycles. The van der Waals surface area contributed by atoms with Crippen LogP contribution in [0, 0.1) is 0 Å². The first-order chi connectivity index (χ1) is 38.6. The average molecular weight is 1090 g/mol. The third-order valence-corrected chi connectivity index (χ3v) is 12.3. The Hall–Kier alpha value is -5.09. The van der Waals surface area contributed by atoms with E-state index in [9.17, 15) is 19.5 Å². The molecule has 0 spiro atoms. The normalized spacial score (nSPS) is 13.9. The number of carbonyl (C=O) groups is 3. The zero-order valence-electron chi connectivity index (χ0n) is 50.4. The number of hydrogen-bond donors (Lipinski definition) is 0. The van der Waals surface area contributed by atoms with Gasteiger partial charge in [-0.3, -0.25) is 9.59 Å². The molecule has 444 valence electrons. The van der Waals surface area contributed by atoms with Crippen LogP contribution in [0.1, 0.15) is 206 Å². The van der Waals surface area contributed by atoms with Crippen molar-refractivity contribution in [2.75, 3.05) is 47.5 Å². The second-order valence-electron chi connectivity index (χ2n) is 20.9. The van der Waals surface area contributed by atoms with Crippen molar-refractivity contribution in [3.05, 3.63) is 158 Å². The van der Waals surface area contributed by atoms with Gasteiger partial charge in [-0.05, 0) is 122 Å². The zero-order valence-corrected chi connectivity index (χ0v) is 50.4. The van der Waals surface area contributed by atoms with E-state index in [1.54, 1.807) is 0 Å². The number of rotatable bonds is 54. The van der Waals surface area contributed by atoms with Gasteiger partial charge in [0, 0.05) is 12.8 Å². The minimum Gasteiger partial charge on any atom is -0.545 e. The standard InChI is InChI=1S/C70H111NO8/c1-6-8-10-12-14-16-18-20-22-24-26-28-30-32-33-34-35-37-39-41-43-45-47-49-51-53-55-57-59-61-68(73)79-66(65-78-70(69(74)75)76-63-62-71(3,4)5)64-77-67(72)60-58-56-54-52-50-48-46-44-42-40-38-36-31-29-27-25-23-21-19-17-15-13-11-9-7-2/h8-11,14-17,20-23,26-29,32-33,35-38,41,43,47,49,66,70H,6-7,12-13,18-19,24-25,30-31,34,39-40,42,44-46,48,50-65H2,1-5H3/b10-8-,11-9-,16-14-,17-15-,22-20-,23-21-,28-26-,29-27-,33-32-,37-35-,38-36-,43-41-,49-47-. The number of carboxylic acid groups (broad SMARTS) is 1. The summed E-state index contributed by atoms with van der Waals surface area (Å²) < 4.78 is 22.7. The highest BCUT2D eigenvalue weighted by molar-refractivity contribution is 5.70. The molecule has 0 rings (SSSR count). The predicted molar refractivity (Wildman–Crippen MR) is 333 cm³/mol. The van der Waals surface area contributed by atoms with Crippen LogP contribution < -0.4 is 5.11 Å². The molecular formula is C70H111NO8. The van der Waals surface area contributed by atoms with E-state index in [2.05, 4.69) is 172 Å². The molecule has 0 heterocycles. The minimum atomic E-state index is -1.64. The third-order valence-electron chi connectivity index (χ3n) is 12.3. The number of nitrogens with zero attached hydrogens (tertiary/aromatic N) is 1. The van der Waals surface area contributed by atoms with E-state index in [-0.39, 0.29) is 38.6 Å². The number of ether oxygens (including phenoxy) is 4. The fourth-order valence-electron chi connectivity index (χ4n) is 7.64. The SMILES string of the molecule is CC/C=C\C/C=C\C/C=C\C/C=C\C/C=C\C/C=C\C/C=C\C/C=C\CCCCCCC(=O)OC(COC(=O)CCCCCCCCCCC/C=C\C/C=C\C/C=C\C/C=C\C/C=C\CC)COC(OCC[N+](C)(C)C)C(=O)[O-]. The van der Waals surface area contributed by atoms with Crippen molar-refractivity contribution in [1.29, 1.82) is 0 Å². The number of hydrogen-bond acceptors (Lipinski definition) is 8. The summed E-state index contributed by atoms with van der Waals surface area (Å²) in [6.45, 7) is 4.46. The molecule has 0 saturated heterocycles. The summed E-state index contributed by atoms with van der Waals surface area (Å²) in [5.41, 5.74) is 0. The van der Waals surface area contributed by atoms with E-state index in [0.29, 0.717) is 17.4 Å². The van der Waals surface area contributed by atoms with Crippen molar-refractivity contribution in [2.24, 2.45) is 0 Å². The van der Waals surface area contributed by atoms with E-state index in [1.165, 1.54) is 32.1 Å². The Morgan fingerprint density at radius 2 is 0.684 bits per heavy atom. The molecular weight excluding hydrogens is 983 g/mol. The second-order valence-corrected chi connectivity index (χ2v) is 20.9. The molecule has 0 fully saturated rings. The maximum Gasteiger partial charge on any atom is 0.306 e. The fraction of sp³-hybridized carbons (Fsp3) is 0.586. The van der Waals surface area contributed by atoms with Crippen molar-refractivity contribution in [2.45, 2.75) is 219 Å². The molecule has 9 heteroatoms. The predicted octanol–water partition coefficient (Wildman–Crippen LogP) is 17.2. The van der Waals surface area contributed by atoms with Gasteiger partial charge < -0.3 is 33.3 Å². The molecule has 2 atom stereocenters. The number of esters is 2. The van der Waals surface area contributed by atoms with Gasteiger partial charge in [0.2, 0.25) is 0 Å². The Labute approximate surface area is 483 Å². The summed E-state index contributed by atoms with van der Waals surface area (Å²) in [7, 11) is 5.90. The van der Waals surface area contributed by atoms with Crippen LogP contribution in [0.15, 0.2) is 158 Å². The molecule has 0 aliphatic carbocycles. The molecule has 9 nitrogen and oxygen atoms in total. The quantitative estimate of drug-likeness (QED) is 0.0195. The van der Waals surface area contributed by atoms with Gasteiger partial charge in [0.25, 0.3) is 0 Å². The van der Waals surface area contributed by atoms with Crippen LogP contribution >= 0.6 is 0 Å². The highest BCUT2D eigenvalue weighted by Gasteiger charge is 2.22. The molecule has 0 aliphatic heterocycles. The first-order valence-electron chi connectivity index (χ1n) is 30.6. The van der Waals surface area contributed by atoms with Gasteiger partial charge in [0.1, 0.15) is 13.2 Å². The fourth-order valence-corrected chi connectivity index (χ4v) is 7.64. The van der Waals surface area contributed by atoms with Gasteiger partial charge in [-0.2, -0.15) is 0 Å². The first kappa shape index (κ1) is 73.9. The van der Waals surface area contributed by atoms with Crippen LogP contribution in [0.5, 0.6) is 0 Å². The largest absolute Gasteiger partial charge is 0.545 e. The monoisotopic (exact) mass is 1090 g/mol. The summed E-state index contributed by atoms with van der Waals surface area (Å²) in [6.07, 6.45) is 84.3. The Morgan fingerprint density at radius 1 is 0.380 bits per heavy atom. The van der Waals surface area contributed by atoms with E-state index in [1.807, 2.05) is 21.1 Å². The molecule has 0 bridgehead atoms. The molecule has 0 N–H and O–H groups in total. The van der Waals surface area contributed by atoms with Crippen molar-refractivity contribution in [3.63, 3.8) is 0 Å². The van der Waals surface area contributed by atoms with Crippen LogP contribution in [0.25, 0.3) is 0 Å². The highest BCUT2D eigenvalue weighted by atomic mass is 16.7. The number of aliphatic carboxylic acids is 1. The van der Waals surface area contributed by atoms with Crippen molar-refractivity contribution < 1.29 is 42.9 Å². The number of carbonyl (C=O) groups excluding carboxylic acids is 3. The molecule has 0 aliphatic rings. The van der Waals surface area contributed by atoms with E-state index in [4.69, 9.17) is 18.9 Å². The molecule has 79 heavy (non-hydrogen) atoms. The lowest BCUT2D eigenvalue weighted by Gasteiger charge is -2.26. The Bertz CT molecular complexity index is 1850. The van der Waals surface area contributed by atoms with Gasteiger partial charge >= 0.3 is 11.9 Å². The lowest BCUT2D eigenvalue weighted by molar-refractivity contribution is -0.870. The van der Waals surface area contributed by atoms with Crippen LogP contribution in [0.4, 0.5) is 0 Å². The third kappa shape index (κ3) is 60.4. The molecule has 0 saturated carbocycles. The van der Waals surface area contributed by atoms with Crippen LogP contribution in [-0.4, -0.2) is 82.3 Å². The first-order valence-corrected chi connectivity index (χ1v) is 30.6. The van der Waals surface area contributed by atoms with E-state index < -0.39 is 24.3 Å². The zero-order chi connectivity index (χ0) is 57.6. The molecule has 2 unspecified atom stereocenters. The van der Waals surface area contributed by atoms with Crippen LogP contribution in [-0.2, 0) is 33.3 Å². The molecule has 0 aromatic carbocycles. The smallest absolute Gasteiger partial charge is 0.306 e. The van der Waals surface area contributed by atoms with Gasteiger partial charge in [0.05, 0.1) is 40.3 Å². The summed E-state index contributed by atoms with van der Waals surface area (Å²) >= 11 is 0. The lowest BCUT2D eigenvalue weighted by atomic mass is 10.1. The minimum absolute atomic E-state index is 0.132. The van der Waals surface area contributed by atoms with E-state index >= 15 is 0 Å². The maximum atomic E-state index is 12.9. The summed E-state index contributed by atoms with van der Waals surface area (Å²) in [5.74, 6) is -2.35. The number of quaternary nitrogens is 1.